The molecule has 0 saturated carbocycles. The minimum absolute atomic E-state index is 0.0447. The molecule has 1 N–H and O–H groups in total. The van der Waals surface area contributed by atoms with Gasteiger partial charge < -0.3 is 10.2 Å². The minimum Gasteiger partial charge on any atom is -0.365 e. The Morgan fingerprint density at radius 1 is 1.14 bits per heavy atom. The summed E-state index contributed by atoms with van der Waals surface area (Å²) in [5.41, 5.74) is -0.112. The van der Waals surface area contributed by atoms with Crippen molar-refractivity contribution in [2.45, 2.75) is 12.7 Å². The van der Waals surface area contributed by atoms with Gasteiger partial charge in [0.2, 0.25) is 5.95 Å². The van der Waals surface area contributed by atoms with Gasteiger partial charge >= 0.3 is 6.18 Å². The van der Waals surface area contributed by atoms with Crippen molar-refractivity contribution < 1.29 is 13.2 Å². The van der Waals surface area contributed by atoms with E-state index in [0.717, 1.165) is 6.07 Å². The number of alkyl halides is 3. The van der Waals surface area contributed by atoms with Crippen molar-refractivity contribution in [2.24, 2.45) is 5.92 Å². The van der Waals surface area contributed by atoms with Gasteiger partial charge in [0, 0.05) is 25.8 Å². The Balaban J connectivity index is 1.65. The van der Waals surface area contributed by atoms with Gasteiger partial charge in [-0.25, -0.2) is 4.98 Å². The highest BCUT2D eigenvalue weighted by molar-refractivity contribution is 5.87. The van der Waals surface area contributed by atoms with Crippen LogP contribution in [0.1, 0.15) is 11.1 Å². The molecule has 0 unspecified atom stereocenters. The van der Waals surface area contributed by atoms with Crippen LogP contribution in [0, 0.1) is 17.2 Å². The Morgan fingerprint density at radius 3 is 2.68 bits per heavy atom. The van der Waals surface area contributed by atoms with E-state index in [2.05, 4.69) is 26.3 Å². The van der Waals surface area contributed by atoms with E-state index in [0.29, 0.717) is 35.9 Å². The molecular formula is C19H15F3N6. The average Bonchev–Trinajstić information content (AvgIpc) is 2.65. The number of nitrogens with one attached hydrogen (secondary N) is 1. The number of halogens is 3. The van der Waals surface area contributed by atoms with E-state index in [-0.39, 0.29) is 18.0 Å². The van der Waals surface area contributed by atoms with Gasteiger partial charge in [-0.3, -0.25) is 0 Å². The molecule has 28 heavy (non-hydrogen) atoms. The highest BCUT2D eigenvalue weighted by Crippen LogP contribution is 2.32. The van der Waals surface area contributed by atoms with Crippen LogP contribution in [0.15, 0.2) is 42.6 Å². The third kappa shape index (κ3) is 3.41. The average molecular weight is 384 g/mol. The summed E-state index contributed by atoms with van der Waals surface area (Å²) in [5, 5.41) is 12.6. The largest absolute Gasteiger partial charge is 0.416 e. The van der Waals surface area contributed by atoms with Gasteiger partial charge in [0.15, 0.2) is 5.65 Å². The van der Waals surface area contributed by atoms with Crippen LogP contribution in [0.2, 0.25) is 0 Å². The standard InChI is InChI=1S/C19H15F3N6/c20-19(21,22)15-6-2-1-4-13(15)9-25-17-14-5-3-7-24-16(14)26-18(27-17)28-10-12(8-23)11-28/h1-7,12H,9-11H2,(H,24,25,26,27). The molecule has 3 heterocycles. The lowest BCUT2D eigenvalue weighted by molar-refractivity contribution is -0.138. The number of anilines is 2. The molecule has 1 saturated heterocycles. The lowest BCUT2D eigenvalue weighted by Gasteiger charge is -2.35. The van der Waals surface area contributed by atoms with Crippen LogP contribution in [0.4, 0.5) is 24.9 Å². The van der Waals surface area contributed by atoms with Crippen LogP contribution in [0.5, 0.6) is 0 Å². The molecule has 0 amide bonds. The molecule has 1 fully saturated rings. The van der Waals surface area contributed by atoms with E-state index in [9.17, 15) is 13.2 Å². The third-order valence-electron chi connectivity index (χ3n) is 4.58. The van der Waals surface area contributed by atoms with Crippen LogP contribution in [-0.2, 0) is 12.7 Å². The maximum absolute atomic E-state index is 13.2. The quantitative estimate of drug-likeness (QED) is 0.740. The van der Waals surface area contributed by atoms with Gasteiger partial charge in [-0.2, -0.15) is 28.4 Å². The summed E-state index contributed by atoms with van der Waals surface area (Å²) in [5.74, 6) is 0.743. The maximum Gasteiger partial charge on any atom is 0.416 e. The predicted octanol–water partition coefficient (Wildman–Crippen LogP) is 3.62. The van der Waals surface area contributed by atoms with Crippen LogP contribution in [0.3, 0.4) is 0 Å². The van der Waals surface area contributed by atoms with E-state index < -0.39 is 11.7 Å². The molecule has 0 bridgehead atoms. The zero-order valence-corrected chi connectivity index (χ0v) is 14.6. The van der Waals surface area contributed by atoms with Gasteiger partial charge in [0.25, 0.3) is 0 Å². The first-order valence-corrected chi connectivity index (χ1v) is 8.62. The molecule has 6 nitrogen and oxygen atoms in total. The summed E-state index contributed by atoms with van der Waals surface area (Å²) < 4.78 is 39.7. The summed E-state index contributed by atoms with van der Waals surface area (Å²) in [7, 11) is 0. The number of nitrogens with zero attached hydrogens (tertiary/aromatic N) is 5. The number of nitriles is 1. The fourth-order valence-electron chi connectivity index (χ4n) is 3.08. The van der Waals surface area contributed by atoms with Gasteiger partial charge in [-0.05, 0) is 23.8 Å². The summed E-state index contributed by atoms with van der Waals surface area (Å²) >= 11 is 0. The number of hydrogen-bond acceptors (Lipinski definition) is 6. The summed E-state index contributed by atoms with van der Waals surface area (Å²) in [4.78, 5) is 15.0. The number of aromatic nitrogens is 3. The Hall–Kier alpha value is -3.41. The first-order chi connectivity index (χ1) is 13.5. The van der Waals surface area contributed by atoms with Crippen molar-refractivity contribution in [3.05, 3.63) is 53.7 Å². The second-order valence-electron chi connectivity index (χ2n) is 6.49. The Bertz CT molecular complexity index is 1050. The smallest absolute Gasteiger partial charge is 0.365 e. The second kappa shape index (κ2) is 6.96. The fourth-order valence-corrected chi connectivity index (χ4v) is 3.08. The first-order valence-electron chi connectivity index (χ1n) is 8.62. The third-order valence-corrected chi connectivity index (χ3v) is 4.58. The van der Waals surface area contributed by atoms with Gasteiger partial charge in [0.1, 0.15) is 5.82 Å². The molecule has 2 aromatic heterocycles. The molecule has 1 aliphatic heterocycles. The highest BCUT2D eigenvalue weighted by Gasteiger charge is 2.33. The minimum atomic E-state index is -4.43. The lowest BCUT2D eigenvalue weighted by atomic mass is 10.0. The monoisotopic (exact) mass is 384 g/mol. The molecular weight excluding hydrogens is 369 g/mol. The molecule has 4 rings (SSSR count). The SMILES string of the molecule is N#CC1CN(c2nc(NCc3ccccc3C(F)(F)F)c3cccnc3n2)C1. The number of pyridine rings is 1. The van der Waals surface area contributed by atoms with Crippen molar-refractivity contribution in [1.29, 1.82) is 5.26 Å². The topological polar surface area (TPSA) is 77.7 Å². The van der Waals surface area contributed by atoms with Crippen molar-refractivity contribution in [3.63, 3.8) is 0 Å². The van der Waals surface area contributed by atoms with E-state index in [4.69, 9.17) is 5.26 Å². The summed E-state index contributed by atoms with van der Waals surface area (Å²) in [6, 6.07) is 11.1. The van der Waals surface area contributed by atoms with E-state index in [1.54, 1.807) is 24.4 Å². The van der Waals surface area contributed by atoms with Gasteiger partial charge in [0.05, 0.1) is 22.9 Å². The van der Waals surface area contributed by atoms with Gasteiger partial charge in [-0.1, -0.05) is 18.2 Å². The predicted molar refractivity (Wildman–Crippen MR) is 97.4 cm³/mol. The number of fused-ring (bicyclic) bond motifs is 1. The summed E-state index contributed by atoms with van der Waals surface area (Å²) in [6.07, 6.45) is -2.83. The van der Waals surface area contributed by atoms with Crippen LogP contribution >= 0.6 is 0 Å². The maximum atomic E-state index is 13.2. The van der Waals surface area contributed by atoms with Gasteiger partial charge in [-0.15, -0.1) is 0 Å². The van der Waals surface area contributed by atoms with Crippen molar-refractivity contribution in [3.8, 4) is 6.07 Å². The van der Waals surface area contributed by atoms with Crippen LogP contribution < -0.4 is 10.2 Å². The first kappa shape index (κ1) is 18.0. The zero-order chi connectivity index (χ0) is 19.7. The molecule has 0 aliphatic carbocycles. The zero-order valence-electron chi connectivity index (χ0n) is 14.6. The molecule has 0 atom stereocenters. The summed E-state index contributed by atoms with van der Waals surface area (Å²) in [6.45, 7) is 0.993. The number of rotatable bonds is 4. The fraction of sp³-hybridized carbons (Fsp3) is 0.263. The lowest BCUT2D eigenvalue weighted by Crippen LogP contribution is -2.47. The molecule has 0 radical (unpaired) electrons. The van der Waals surface area contributed by atoms with E-state index in [1.165, 1.54) is 12.1 Å². The Morgan fingerprint density at radius 2 is 1.93 bits per heavy atom. The van der Waals surface area contributed by atoms with Crippen molar-refractivity contribution >= 4 is 22.8 Å². The Labute approximate surface area is 158 Å². The number of hydrogen-bond donors (Lipinski definition) is 1. The van der Waals surface area contributed by atoms with Crippen LogP contribution in [-0.4, -0.2) is 28.0 Å². The van der Waals surface area contributed by atoms with Crippen LogP contribution in [0.25, 0.3) is 11.0 Å². The van der Waals surface area contributed by atoms with E-state index >= 15 is 0 Å². The van der Waals surface area contributed by atoms with Crippen molar-refractivity contribution in [2.75, 3.05) is 23.3 Å². The highest BCUT2D eigenvalue weighted by atomic mass is 19.4. The Kier molecular flexibility index (Phi) is 4.47. The molecule has 0 spiro atoms. The molecule has 3 aromatic rings. The molecule has 142 valence electrons. The molecule has 9 heteroatoms. The second-order valence-corrected chi connectivity index (χ2v) is 6.49. The normalized spacial score (nSPS) is 14.6. The number of benzene rings is 1. The van der Waals surface area contributed by atoms with E-state index in [1.807, 2.05) is 4.90 Å². The molecule has 1 aliphatic rings. The van der Waals surface area contributed by atoms with Crippen molar-refractivity contribution in [1.82, 2.24) is 15.0 Å². The molecule has 1 aromatic carbocycles.